The molecule has 114 valence electrons. The van der Waals surface area contributed by atoms with Crippen LogP contribution in [0.4, 0.5) is 0 Å². The van der Waals surface area contributed by atoms with Gasteiger partial charge in [-0.3, -0.25) is 0 Å². The summed E-state index contributed by atoms with van der Waals surface area (Å²) in [6, 6.07) is 6.30. The van der Waals surface area contributed by atoms with E-state index in [1.807, 2.05) is 6.07 Å². The quantitative estimate of drug-likeness (QED) is 0.698. The molecule has 1 aromatic rings. The summed E-state index contributed by atoms with van der Waals surface area (Å²) in [6.45, 7) is 8.78. The Kier molecular flexibility index (Phi) is 6.86. The highest BCUT2D eigenvalue weighted by Gasteiger charge is 2.28. The lowest BCUT2D eigenvalue weighted by molar-refractivity contribution is 0.345. The van der Waals surface area contributed by atoms with E-state index in [4.69, 9.17) is 9.47 Å². The number of hydrogen-bond acceptors (Lipinski definition) is 3. The molecule has 0 saturated heterocycles. The Balaban J connectivity index is 3.07. The van der Waals surface area contributed by atoms with E-state index in [2.05, 4.69) is 38.2 Å². The van der Waals surface area contributed by atoms with Crippen molar-refractivity contribution in [2.24, 2.45) is 0 Å². The van der Waals surface area contributed by atoms with Gasteiger partial charge in [0.25, 0.3) is 0 Å². The first-order valence-corrected chi connectivity index (χ1v) is 7.60. The van der Waals surface area contributed by atoms with Gasteiger partial charge in [0.05, 0.1) is 14.2 Å². The van der Waals surface area contributed by atoms with Crippen LogP contribution in [0.1, 0.15) is 45.6 Å². The number of benzene rings is 1. The lowest BCUT2D eigenvalue weighted by atomic mass is 9.75. The lowest BCUT2D eigenvalue weighted by Crippen LogP contribution is -2.37. The Bertz CT molecular complexity index is 400. The van der Waals surface area contributed by atoms with E-state index < -0.39 is 0 Å². The molecule has 0 radical (unpaired) electrons. The van der Waals surface area contributed by atoms with Gasteiger partial charge in [-0.15, -0.1) is 0 Å². The fourth-order valence-electron chi connectivity index (χ4n) is 2.68. The SMILES string of the molecule is CCCNCC(CC)(CC)c1ccc(OC)c(OC)c1. The standard InChI is InChI=1S/C17H29NO2/c1-6-11-18-13-17(7-2,8-3)14-9-10-15(19-4)16(12-14)20-5/h9-10,12,18H,6-8,11,13H2,1-5H3. The Labute approximate surface area is 123 Å². The van der Waals surface area contributed by atoms with Gasteiger partial charge >= 0.3 is 0 Å². The molecule has 0 amide bonds. The van der Waals surface area contributed by atoms with Gasteiger partial charge in [0.15, 0.2) is 11.5 Å². The predicted octanol–water partition coefficient (Wildman–Crippen LogP) is 3.76. The molecule has 3 nitrogen and oxygen atoms in total. The second kappa shape index (κ2) is 8.15. The van der Waals surface area contributed by atoms with Crippen molar-refractivity contribution in [3.63, 3.8) is 0 Å². The van der Waals surface area contributed by atoms with E-state index in [0.717, 1.165) is 43.9 Å². The van der Waals surface area contributed by atoms with E-state index in [-0.39, 0.29) is 5.41 Å². The van der Waals surface area contributed by atoms with Gasteiger partial charge in [-0.1, -0.05) is 26.8 Å². The molecular formula is C17H29NO2. The molecule has 0 aliphatic carbocycles. The molecule has 1 aromatic carbocycles. The van der Waals surface area contributed by atoms with Crippen LogP contribution in [0.2, 0.25) is 0 Å². The van der Waals surface area contributed by atoms with Crippen LogP contribution in [0, 0.1) is 0 Å². The summed E-state index contributed by atoms with van der Waals surface area (Å²) in [5, 5.41) is 3.57. The summed E-state index contributed by atoms with van der Waals surface area (Å²) >= 11 is 0. The molecule has 0 unspecified atom stereocenters. The van der Waals surface area contributed by atoms with Crippen molar-refractivity contribution in [2.45, 2.75) is 45.4 Å². The van der Waals surface area contributed by atoms with E-state index in [9.17, 15) is 0 Å². The van der Waals surface area contributed by atoms with Crippen LogP contribution in [-0.4, -0.2) is 27.3 Å². The Morgan fingerprint density at radius 2 is 1.65 bits per heavy atom. The van der Waals surface area contributed by atoms with Crippen molar-refractivity contribution in [1.29, 1.82) is 0 Å². The predicted molar refractivity (Wildman–Crippen MR) is 85.0 cm³/mol. The van der Waals surface area contributed by atoms with Gasteiger partial charge in [-0.05, 0) is 43.5 Å². The molecule has 0 saturated carbocycles. The van der Waals surface area contributed by atoms with Crippen LogP contribution in [0.25, 0.3) is 0 Å². The van der Waals surface area contributed by atoms with Crippen LogP contribution in [0.3, 0.4) is 0 Å². The number of ether oxygens (including phenoxy) is 2. The molecule has 0 aliphatic rings. The molecule has 0 atom stereocenters. The van der Waals surface area contributed by atoms with Crippen LogP contribution >= 0.6 is 0 Å². The third-order valence-electron chi connectivity index (χ3n) is 4.24. The van der Waals surface area contributed by atoms with Crippen molar-refractivity contribution in [2.75, 3.05) is 27.3 Å². The summed E-state index contributed by atoms with van der Waals surface area (Å²) < 4.78 is 10.8. The molecule has 20 heavy (non-hydrogen) atoms. The zero-order chi connectivity index (χ0) is 15.0. The number of hydrogen-bond donors (Lipinski definition) is 1. The average molecular weight is 279 g/mol. The fraction of sp³-hybridized carbons (Fsp3) is 0.647. The van der Waals surface area contributed by atoms with Gasteiger partial charge < -0.3 is 14.8 Å². The minimum Gasteiger partial charge on any atom is -0.493 e. The highest BCUT2D eigenvalue weighted by atomic mass is 16.5. The Hall–Kier alpha value is -1.22. The van der Waals surface area contributed by atoms with Gasteiger partial charge in [0.2, 0.25) is 0 Å². The van der Waals surface area contributed by atoms with Crippen LogP contribution in [0.15, 0.2) is 18.2 Å². The topological polar surface area (TPSA) is 30.5 Å². The van der Waals surface area contributed by atoms with E-state index in [1.165, 1.54) is 5.56 Å². The summed E-state index contributed by atoms with van der Waals surface area (Å²) in [5.74, 6) is 1.60. The minimum absolute atomic E-state index is 0.161. The third kappa shape index (κ3) is 3.66. The number of methoxy groups -OCH3 is 2. The van der Waals surface area contributed by atoms with Gasteiger partial charge in [0, 0.05) is 12.0 Å². The number of rotatable bonds is 9. The average Bonchev–Trinajstić information content (AvgIpc) is 2.51. The zero-order valence-corrected chi connectivity index (χ0v) is 13.6. The second-order valence-corrected chi connectivity index (χ2v) is 5.23. The lowest BCUT2D eigenvalue weighted by Gasteiger charge is -2.33. The Morgan fingerprint density at radius 1 is 1.00 bits per heavy atom. The monoisotopic (exact) mass is 279 g/mol. The summed E-state index contributed by atoms with van der Waals surface area (Å²) in [4.78, 5) is 0. The van der Waals surface area contributed by atoms with Gasteiger partial charge in [0.1, 0.15) is 0 Å². The fourth-order valence-corrected chi connectivity index (χ4v) is 2.68. The highest BCUT2D eigenvalue weighted by Crippen LogP contribution is 2.36. The van der Waals surface area contributed by atoms with Crippen LogP contribution in [0.5, 0.6) is 11.5 Å². The minimum atomic E-state index is 0.161. The van der Waals surface area contributed by atoms with Crippen molar-refractivity contribution < 1.29 is 9.47 Å². The highest BCUT2D eigenvalue weighted by molar-refractivity contribution is 5.45. The van der Waals surface area contributed by atoms with E-state index >= 15 is 0 Å². The summed E-state index contributed by atoms with van der Waals surface area (Å²) in [5.41, 5.74) is 1.48. The largest absolute Gasteiger partial charge is 0.493 e. The van der Waals surface area contributed by atoms with Crippen molar-refractivity contribution >= 4 is 0 Å². The second-order valence-electron chi connectivity index (χ2n) is 5.23. The van der Waals surface area contributed by atoms with Crippen molar-refractivity contribution in [1.82, 2.24) is 5.32 Å². The molecule has 3 heteroatoms. The molecule has 0 heterocycles. The third-order valence-corrected chi connectivity index (χ3v) is 4.24. The number of nitrogens with one attached hydrogen (secondary N) is 1. The molecule has 0 bridgehead atoms. The molecule has 1 N–H and O–H groups in total. The molecule has 0 spiro atoms. The van der Waals surface area contributed by atoms with Gasteiger partial charge in [-0.25, -0.2) is 0 Å². The molecule has 1 rings (SSSR count). The molecule has 0 aliphatic heterocycles. The van der Waals surface area contributed by atoms with E-state index in [0.29, 0.717) is 0 Å². The smallest absolute Gasteiger partial charge is 0.161 e. The first-order chi connectivity index (χ1) is 9.67. The molecular weight excluding hydrogens is 250 g/mol. The first-order valence-electron chi connectivity index (χ1n) is 7.60. The van der Waals surface area contributed by atoms with Crippen molar-refractivity contribution in [3.8, 4) is 11.5 Å². The maximum absolute atomic E-state index is 5.44. The Morgan fingerprint density at radius 3 is 2.15 bits per heavy atom. The molecule has 0 fully saturated rings. The maximum Gasteiger partial charge on any atom is 0.161 e. The maximum atomic E-state index is 5.44. The zero-order valence-electron chi connectivity index (χ0n) is 13.6. The van der Waals surface area contributed by atoms with Crippen LogP contribution in [-0.2, 0) is 5.41 Å². The van der Waals surface area contributed by atoms with Crippen LogP contribution < -0.4 is 14.8 Å². The van der Waals surface area contributed by atoms with Crippen molar-refractivity contribution in [3.05, 3.63) is 23.8 Å². The summed E-state index contributed by atoms with van der Waals surface area (Å²) in [7, 11) is 3.36. The first kappa shape index (κ1) is 16.8. The van der Waals surface area contributed by atoms with Gasteiger partial charge in [-0.2, -0.15) is 0 Å². The molecule has 0 aromatic heterocycles. The van der Waals surface area contributed by atoms with E-state index in [1.54, 1.807) is 14.2 Å². The normalized spacial score (nSPS) is 11.4. The summed E-state index contributed by atoms with van der Waals surface area (Å²) in [6.07, 6.45) is 3.38.